The van der Waals surface area contributed by atoms with E-state index in [4.69, 9.17) is 11.6 Å². The van der Waals surface area contributed by atoms with Crippen LogP contribution >= 0.6 is 11.6 Å². The third kappa shape index (κ3) is 4.62. The monoisotopic (exact) mass is 373 g/mol. The van der Waals surface area contributed by atoms with Gasteiger partial charge in [0.05, 0.1) is 5.02 Å². The van der Waals surface area contributed by atoms with Gasteiger partial charge in [-0.05, 0) is 17.5 Å². The number of nitrogens with zero attached hydrogens (tertiary/aromatic N) is 2. The Kier molecular flexibility index (Phi) is 5.78. The van der Waals surface area contributed by atoms with Gasteiger partial charge in [-0.1, -0.05) is 44.5 Å². The Morgan fingerprint density at radius 3 is 2.29 bits per heavy atom. The van der Waals surface area contributed by atoms with Gasteiger partial charge < -0.3 is 10.2 Å². The van der Waals surface area contributed by atoms with Crippen LogP contribution in [0, 0.1) is 5.41 Å². The summed E-state index contributed by atoms with van der Waals surface area (Å²) in [6, 6.07) is 6.25. The van der Waals surface area contributed by atoms with E-state index in [9.17, 15) is 13.2 Å². The number of carbonyl (C=O) groups excluding carboxylic acids is 1. The summed E-state index contributed by atoms with van der Waals surface area (Å²) in [5.41, 5.74) is 0.00484. The largest absolute Gasteiger partial charge is 0.337 e. The summed E-state index contributed by atoms with van der Waals surface area (Å²) in [6.07, 6.45) is 0. The Morgan fingerprint density at radius 1 is 1.17 bits per heavy atom. The van der Waals surface area contributed by atoms with Crippen LogP contribution in [-0.4, -0.2) is 56.4 Å². The lowest BCUT2D eigenvalue weighted by molar-refractivity contribution is 0.169. The van der Waals surface area contributed by atoms with Gasteiger partial charge >= 0.3 is 6.03 Å². The van der Waals surface area contributed by atoms with Crippen molar-refractivity contribution >= 4 is 27.7 Å². The first-order valence-electron chi connectivity index (χ1n) is 7.89. The van der Waals surface area contributed by atoms with Crippen molar-refractivity contribution in [2.24, 2.45) is 5.41 Å². The van der Waals surface area contributed by atoms with Gasteiger partial charge in [0.2, 0.25) is 10.0 Å². The molecule has 1 N–H and O–H groups in total. The molecule has 0 saturated carbocycles. The molecule has 1 saturated heterocycles. The van der Waals surface area contributed by atoms with Crippen molar-refractivity contribution in [1.29, 1.82) is 0 Å². The summed E-state index contributed by atoms with van der Waals surface area (Å²) in [7, 11) is -3.63. The van der Waals surface area contributed by atoms with Crippen LogP contribution in [0.1, 0.15) is 20.8 Å². The summed E-state index contributed by atoms with van der Waals surface area (Å²) >= 11 is 6.01. The predicted octanol–water partition coefficient (Wildman–Crippen LogP) is 2.40. The second-order valence-electron chi connectivity index (χ2n) is 7.04. The fourth-order valence-corrected chi connectivity index (χ4v) is 4.29. The van der Waals surface area contributed by atoms with Gasteiger partial charge in [0.15, 0.2) is 0 Å². The molecule has 2 rings (SSSR count). The summed E-state index contributed by atoms with van der Waals surface area (Å²) in [5.74, 6) is 0. The molecular formula is C16H24ClN3O3S. The van der Waals surface area contributed by atoms with E-state index in [1.54, 1.807) is 23.1 Å². The van der Waals surface area contributed by atoms with Crippen molar-refractivity contribution in [3.05, 3.63) is 29.3 Å². The van der Waals surface area contributed by atoms with Gasteiger partial charge in [-0.3, -0.25) is 0 Å². The summed E-state index contributed by atoms with van der Waals surface area (Å²) in [6.45, 7) is 7.94. The molecule has 1 aromatic carbocycles. The molecular weight excluding hydrogens is 350 g/mol. The van der Waals surface area contributed by atoms with Crippen molar-refractivity contribution in [1.82, 2.24) is 14.5 Å². The Balaban J connectivity index is 1.97. The van der Waals surface area contributed by atoms with Crippen molar-refractivity contribution in [2.45, 2.75) is 25.7 Å². The minimum Gasteiger partial charge on any atom is -0.337 e. The van der Waals surface area contributed by atoms with E-state index in [-0.39, 0.29) is 34.5 Å². The summed E-state index contributed by atoms with van der Waals surface area (Å²) in [5, 5.41) is 3.10. The normalized spacial score (nSPS) is 16.9. The molecule has 1 aliphatic rings. The van der Waals surface area contributed by atoms with Crippen molar-refractivity contribution in [2.75, 3.05) is 32.7 Å². The highest BCUT2D eigenvalue weighted by Gasteiger charge is 2.31. The first kappa shape index (κ1) is 19.0. The first-order chi connectivity index (χ1) is 11.1. The maximum atomic E-state index is 12.7. The van der Waals surface area contributed by atoms with E-state index in [0.29, 0.717) is 19.6 Å². The average molecular weight is 374 g/mol. The molecule has 0 radical (unpaired) electrons. The average Bonchev–Trinajstić information content (AvgIpc) is 2.52. The molecule has 0 unspecified atom stereocenters. The van der Waals surface area contributed by atoms with Crippen molar-refractivity contribution < 1.29 is 13.2 Å². The van der Waals surface area contributed by atoms with E-state index in [2.05, 4.69) is 5.32 Å². The third-order valence-electron chi connectivity index (χ3n) is 3.75. The van der Waals surface area contributed by atoms with Crippen molar-refractivity contribution in [3.8, 4) is 0 Å². The number of sulfonamides is 1. The zero-order valence-electron chi connectivity index (χ0n) is 14.3. The number of nitrogens with one attached hydrogen (secondary N) is 1. The maximum Gasteiger partial charge on any atom is 0.317 e. The Labute approximate surface area is 148 Å². The Hall–Kier alpha value is -1.31. The van der Waals surface area contributed by atoms with E-state index >= 15 is 0 Å². The molecule has 24 heavy (non-hydrogen) atoms. The molecule has 1 aromatic rings. The number of amides is 2. The molecule has 0 atom stereocenters. The highest BCUT2D eigenvalue weighted by Crippen LogP contribution is 2.25. The fourth-order valence-electron chi connectivity index (χ4n) is 2.38. The number of benzene rings is 1. The zero-order chi connectivity index (χ0) is 18.0. The van der Waals surface area contributed by atoms with Gasteiger partial charge in [-0.15, -0.1) is 0 Å². The smallest absolute Gasteiger partial charge is 0.317 e. The van der Waals surface area contributed by atoms with Gasteiger partial charge in [-0.2, -0.15) is 4.31 Å². The maximum absolute atomic E-state index is 12.7. The lowest BCUT2D eigenvalue weighted by atomic mass is 9.97. The van der Waals surface area contributed by atoms with Crippen LogP contribution in [0.3, 0.4) is 0 Å². The quantitative estimate of drug-likeness (QED) is 0.884. The molecule has 2 amide bonds. The first-order valence-corrected chi connectivity index (χ1v) is 9.70. The third-order valence-corrected chi connectivity index (χ3v) is 6.15. The number of rotatable bonds is 3. The number of carbonyl (C=O) groups is 1. The highest BCUT2D eigenvalue weighted by molar-refractivity contribution is 7.89. The number of halogens is 1. The summed E-state index contributed by atoms with van der Waals surface area (Å²) in [4.78, 5) is 13.9. The second kappa shape index (κ2) is 7.29. The lowest BCUT2D eigenvalue weighted by Crippen LogP contribution is -2.53. The van der Waals surface area contributed by atoms with Crippen LogP contribution in [-0.2, 0) is 10.0 Å². The molecule has 0 bridgehead atoms. The minimum atomic E-state index is -3.63. The SMILES string of the molecule is CC(C)(C)CNC(=O)N1CCN(S(=O)(=O)c2ccccc2Cl)CC1. The number of hydrogen-bond donors (Lipinski definition) is 1. The Morgan fingerprint density at radius 2 is 1.75 bits per heavy atom. The summed E-state index contributed by atoms with van der Waals surface area (Å²) < 4.78 is 26.7. The molecule has 1 aliphatic heterocycles. The molecule has 8 heteroatoms. The van der Waals surface area contributed by atoms with Gasteiger partial charge in [-0.25, -0.2) is 13.2 Å². The van der Waals surface area contributed by atoms with Crippen LogP contribution in [0.25, 0.3) is 0 Å². The number of hydrogen-bond acceptors (Lipinski definition) is 3. The molecule has 0 aliphatic carbocycles. The van der Waals surface area contributed by atoms with Gasteiger partial charge in [0, 0.05) is 32.7 Å². The van der Waals surface area contributed by atoms with Crippen molar-refractivity contribution in [3.63, 3.8) is 0 Å². The topological polar surface area (TPSA) is 69.7 Å². The van der Waals surface area contributed by atoms with Gasteiger partial charge in [0.1, 0.15) is 4.90 Å². The minimum absolute atomic E-state index is 0.00484. The van der Waals surface area contributed by atoms with Crippen LogP contribution in [0.15, 0.2) is 29.2 Å². The molecule has 134 valence electrons. The standard InChI is InChI=1S/C16H24ClN3O3S/c1-16(2,3)12-18-15(21)19-8-10-20(11-9-19)24(22,23)14-7-5-4-6-13(14)17/h4-7H,8-12H2,1-3H3,(H,18,21). The Bertz CT molecular complexity index is 693. The van der Waals surface area contributed by atoms with E-state index in [0.717, 1.165) is 0 Å². The zero-order valence-corrected chi connectivity index (χ0v) is 15.8. The fraction of sp³-hybridized carbons (Fsp3) is 0.562. The highest BCUT2D eigenvalue weighted by atomic mass is 35.5. The van der Waals surface area contributed by atoms with Crippen LogP contribution in [0.4, 0.5) is 4.79 Å². The van der Waals surface area contributed by atoms with Crippen LogP contribution in [0.2, 0.25) is 5.02 Å². The van der Waals surface area contributed by atoms with E-state index in [1.807, 2.05) is 20.8 Å². The lowest BCUT2D eigenvalue weighted by Gasteiger charge is -2.34. The van der Waals surface area contributed by atoms with Crippen LogP contribution in [0.5, 0.6) is 0 Å². The molecule has 1 heterocycles. The molecule has 0 spiro atoms. The number of urea groups is 1. The van der Waals surface area contributed by atoms with E-state index < -0.39 is 10.0 Å². The second-order valence-corrected chi connectivity index (χ2v) is 9.35. The number of piperazine rings is 1. The molecule has 6 nitrogen and oxygen atoms in total. The molecule has 1 fully saturated rings. The predicted molar refractivity (Wildman–Crippen MR) is 94.6 cm³/mol. The van der Waals surface area contributed by atoms with Crippen LogP contribution < -0.4 is 5.32 Å². The molecule has 0 aromatic heterocycles. The van der Waals surface area contributed by atoms with E-state index in [1.165, 1.54) is 10.4 Å². The van der Waals surface area contributed by atoms with Gasteiger partial charge in [0.25, 0.3) is 0 Å².